The summed E-state index contributed by atoms with van der Waals surface area (Å²) in [5, 5.41) is 11.3. The molecule has 0 aliphatic carbocycles. The topological polar surface area (TPSA) is 89.4 Å². The Hall–Kier alpha value is -4.27. The molecule has 8 nitrogen and oxygen atoms in total. The number of ether oxygens (including phenoxy) is 1. The van der Waals surface area contributed by atoms with Crippen LogP contribution in [0.2, 0.25) is 0 Å². The van der Waals surface area contributed by atoms with E-state index in [1.165, 1.54) is 21.7 Å². The number of hydrogen-bond acceptors (Lipinski definition) is 5. The lowest BCUT2D eigenvalue weighted by molar-refractivity contribution is -0.128. The number of aromatic nitrogens is 3. The lowest BCUT2D eigenvalue weighted by Crippen LogP contribution is -2.51. The smallest absolute Gasteiger partial charge is 0.249 e. The van der Waals surface area contributed by atoms with Gasteiger partial charge in [-0.25, -0.2) is 9.07 Å². The van der Waals surface area contributed by atoms with Gasteiger partial charge >= 0.3 is 0 Å². The first-order valence-corrected chi connectivity index (χ1v) is 12.6. The van der Waals surface area contributed by atoms with Gasteiger partial charge in [-0.3, -0.25) is 14.5 Å². The summed E-state index contributed by atoms with van der Waals surface area (Å²) in [6.45, 7) is 7.88. The van der Waals surface area contributed by atoms with E-state index < -0.39 is 29.2 Å². The van der Waals surface area contributed by atoms with Crippen LogP contribution in [0.4, 0.5) is 10.1 Å². The summed E-state index contributed by atoms with van der Waals surface area (Å²) in [4.78, 5) is 29.1. The number of nitrogens with zero attached hydrogens (tertiary/aromatic N) is 4. The number of fused-ring (bicyclic) bond motifs is 1. The van der Waals surface area contributed by atoms with Gasteiger partial charge in [-0.1, -0.05) is 48.5 Å². The molecule has 0 aliphatic heterocycles. The summed E-state index contributed by atoms with van der Waals surface area (Å²) in [5.74, 6) is -0.944. The number of carbonyl (C=O) groups is 2. The van der Waals surface area contributed by atoms with Crippen molar-refractivity contribution in [2.24, 2.45) is 0 Å². The van der Waals surface area contributed by atoms with Crippen molar-refractivity contribution in [3.63, 3.8) is 0 Å². The fraction of sp³-hybridized carbons (Fsp3) is 0.310. The quantitative estimate of drug-likeness (QED) is 0.318. The first kappa shape index (κ1) is 26.8. The van der Waals surface area contributed by atoms with Crippen LogP contribution in [-0.2, 0) is 16.1 Å². The predicted octanol–water partition coefficient (Wildman–Crippen LogP) is 5.05. The zero-order valence-electron chi connectivity index (χ0n) is 22.0. The molecule has 0 fully saturated rings. The Balaban J connectivity index is 1.82. The second-order valence-corrected chi connectivity index (χ2v) is 9.58. The summed E-state index contributed by atoms with van der Waals surface area (Å²) in [5.41, 5.74) is 1.24. The third kappa shape index (κ3) is 5.82. The van der Waals surface area contributed by atoms with E-state index in [2.05, 4.69) is 15.6 Å². The van der Waals surface area contributed by atoms with Crippen molar-refractivity contribution in [2.45, 2.75) is 52.2 Å². The number of benzene rings is 3. The maximum Gasteiger partial charge on any atom is 0.249 e. The largest absolute Gasteiger partial charge is 0.494 e. The van der Waals surface area contributed by atoms with Gasteiger partial charge in [0.25, 0.3) is 0 Å². The van der Waals surface area contributed by atoms with Crippen molar-refractivity contribution < 1.29 is 18.7 Å². The third-order valence-electron chi connectivity index (χ3n) is 6.44. The summed E-state index contributed by atoms with van der Waals surface area (Å²) in [6, 6.07) is 18.9. The Bertz CT molecular complexity index is 1420. The molecule has 1 atom stereocenters. The molecule has 0 aliphatic rings. The minimum Gasteiger partial charge on any atom is -0.494 e. The molecule has 1 heterocycles. The molecule has 0 saturated heterocycles. The average Bonchev–Trinajstić information content (AvgIpc) is 3.31. The Kier molecular flexibility index (Phi) is 8.05. The van der Waals surface area contributed by atoms with Crippen LogP contribution < -0.4 is 15.0 Å². The van der Waals surface area contributed by atoms with Crippen molar-refractivity contribution >= 4 is 28.5 Å². The highest BCUT2D eigenvalue weighted by Crippen LogP contribution is 2.32. The van der Waals surface area contributed by atoms with E-state index >= 15 is 4.39 Å². The van der Waals surface area contributed by atoms with Crippen LogP contribution in [-0.4, -0.2) is 39.0 Å². The van der Waals surface area contributed by atoms with Crippen LogP contribution in [0.5, 0.6) is 5.75 Å². The minimum atomic E-state index is -1.16. The Morgan fingerprint density at radius 1 is 1.03 bits per heavy atom. The van der Waals surface area contributed by atoms with Gasteiger partial charge in [-0.05, 0) is 69.2 Å². The molecule has 0 spiro atoms. The van der Waals surface area contributed by atoms with E-state index in [0.29, 0.717) is 35.4 Å². The highest BCUT2D eigenvalue weighted by molar-refractivity contribution is 6.01. The number of hydrogen-bond donors (Lipinski definition) is 1. The number of para-hydroxylation sites is 2. The Labute approximate surface area is 221 Å². The van der Waals surface area contributed by atoms with Crippen molar-refractivity contribution in [1.29, 1.82) is 0 Å². The maximum atomic E-state index is 15.3. The second kappa shape index (κ2) is 11.4. The molecule has 9 heteroatoms. The maximum absolute atomic E-state index is 15.3. The van der Waals surface area contributed by atoms with Crippen LogP contribution in [0, 0.1) is 5.82 Å². The van der Waals surface area contributed by atoms with Gasteiger partial charge in [0.05, 0.1) is 17.8 Å². The van der Waals surface area contributed by atoms with E-state index in [0.717, 1.165) is 0 Å². The Morgan fingerprint density at radius 2 is 1.71 bits per heavy atom. The van der Waals surface area contributed by atoms with Gasteiger partial charge in [0.2, 0.25) is 11.8 Å². The standard InChI is InChI=1S/C29H32FN5O3/c1-5-29(3,4)31-28(37)27(20-15-17-21(18-16-20)38-6-2)35(24-13-9-7-11-22(24)30)26(36)19-34-25-14-10-8-12-23(25)32-33-34/h7-18,27H,5-6,19H2,1-4H3,(H,31,37)/t27-/m0/s1. The van der Waals surface area contributed by atoms with E-state index in [4.69, 9.17) is 4.74 Å². The summed E-state index contributed by atoms with van der Waals surface area (Å²) < 4.78 is 22.3. The zero-order chi connectivity index (χ0) is 27.3. The van der Waals surface area contributed by atoms with Gasteiger partial charge in [0.15, 0.2) is 0 Å². The third-order valence-corrected chi connectivity index (χ3v) is 6.44. The molecular weight excluding hydrogens is 485 g/mol. The molecule has 198 valence electrons. The van der Waals surface area contributed by atoms with Crippen molar-refractivity contribution in [3.8, 4) is 5.75 Å². The van der Waals surface area contributed by atoms with Crippen molar-refractivity contribution in [2.75, 3.05) is 11.5 Å². The van der Waals surface area contributed by atoms with Crippen molar-refractivity contribution in [3.05, 3.63) is 84.2 Å². The van der Waals surface area contributed by atoms with Gasteiger partial charge in [-0.15, -0.1) is 5.10 Å². The van der Waals surface area contributed by atoms with Crippen LogP contribution >= 0.6 is 0 Å². The lowest BCUT2D eigenvalue weighted by Gasteiger charge is -2.34. The van der Waals surface area contributed by atoms with Crippen LogP contribution in [0.15, 0.2) is 72.8 Å². The molecule has 0 bridgehead atoms. The highest BCUT2D eigenvalue weighted by atomic mass is 19.1. The number of amides is 2. The van der Waals surface area contributed by atoms with Gasteiger partial charge in [-0.2, -0.15) is 0 Å². The molecule has 38 heavy (non-hydrogen) atoms. The molecule has 0 unspecified atom stereocenters. The lowest BCUT2D eigenvalue weighted by atomic mass is 9.98. The molecule has 3 aromatic carbocycles. The van der Waals surface area contributed by atoms with Crippen LogP contribution in [0.3, 0.4) is 0 Å². The van der Waals surface area contributed by atoms with Crippen molar-refractivity contribution in [1.82, 2.24) is 20.3 Å². The fourth-order valence-corrected chi connectivity index (χ4v) is 4.12. The second-order valence-electron chi connectivity index (χ2n) is 9.58. The van der Waals surface area contributed by atoms with Gasteiger partial charge in [0, 0.05) is 5.54 Å². The fourth-order valence-electron chi connectivity index (χ4n) is 4.12. The van der Waals surface area contributed by atoms with E-state index in [-0.39, 0.29) is 12.2 Å². The van der Waals surface area contributed by atoms with E-state index in [1.54, 1.807) is 48.5 Å². The summed E-state index contributed by atoms with van der Waals surface area (Å²) in [6.07, 6.45) is 0.660. The number of halogens is 1. The number of rotatable bonds is 10. The number of nitrogens with one attached hydrogen (secondary N) is 1. The molecule has 4 rings (SSSR count). The number of anilines is 1. The molecule has 1 aromatic heterocycles. The van der Waals surface area contributed by atoms with Gasteiger partial charge < -0.3 is 10.1 Å². The number of carbonyl (C=O) groups excluding carboxylic acids is 2. The predicted molar refractivity (Wildman–Crippen MR) is 144 cm³/mol. The molecule has 0 saturated carbocycles. The average molecular weight is 518 g/mol. The van der Waals surface area contributed by atoms with E-state index in [9.17, 15) is 9.59 Å². The normalized spacial score (nSPS) is 12.2. The van der Waals surface area contributed by atoms with E-state index in [1.807, 2.05) is 39.8 Å². The van der Waals surface area contributed by atoms with Gasteiger partial charge in [0.1, 0.15) is 29.7 Å². The monoisotopic (exact) mass is 517 g/mol. The first-order chi connectivity index (χ1) is 18.2. The molecule has 1 N–H and O–H groups in total. The van der Waals surface area contributed by atoms with Crippen LogP contribution in [0.1, 0.15) is 45.7 Å². The SMILES string of the molecule is CCOc1ccc([C@@H](C(=O)NC(C)(C)CC)N(C(=O)Cn2nnc3ccccc32)c2ccccc2F)cc1. The summed E-state index contributed by atoms with van der Waals surface area (Å²) >= 11 is 0. The molecule has 0 radical (unpaired) electrons. The van der Waals surface area contributed by atoms with Crippen LogP contribution in [0.25, 0.3) is 11.0 Å². The Morgan fingerprint density at radius 3 is 2.39 bits per heavy atom. The molecule has 2 amide bonds. The molecule has 4 aromatic rings. The summed E-state index contributed by atoms with van der Waals surface area (Å²) in [7, 11) is 0. The highest BCUT2D eigenvalue weighted by Gasteiger charge is 2.36. The molecular formula is C29H32FN5O3. The zero-order valence-corrected chi connectivity index (χ0v) is 22.0. The first-order valence-electron chi connectivity index (χ1n) is 12.6. The minimum absolute atomic E-state index is 0.00902.